The van der Waals surface area contributed by atoms with E-state index in [4.69, 9.17) is 9.47 Å². The van der Waals surface area contributed by atoms with Crippen molar-refractivity contribution in [2.45, 2.75) is 38.9 Å². The van der Waals surface area contributed by atoms with Gasteiger partial charge in [-0.2, -0.15) is 0 Å². The number of nitrogens with zero attached hydrogens (tertiary/aromatic N) is 3. The lowest BCUT2D eigenvalue weighted by Gasteiger charge is -2.28. The van der Waals surface area contributed by atoms with Gasteiger partial charge in [-0.1, -0.05) is 24.3 Å². The van der Waals surface area contributed by atoms with Crippen molar-refractivity contribution in [2.75, 3.05) is 12.4 Å². The lowest BCUT2D eigenvalue weighted by atomic mass is 9.90. The van der Waals surface area contributed by atoms with Crippen molar-refractivity contribution in [3.05, 3.63) is 65.9 Å². The molecule has 1 N–H and O–H groups in total. The third-order valence-electron chi connectivity index (χ3n) is 5.62. The summed E-state index contributed by atoms with van der Waals surface area (Å²) >= 11 is 0. The van der Waals surface area contributed by atoms with Crippen LogP contribution in [0.25, 0.3) is 0 Å². The minimum atomic E-state index is -0.612. The summed E-state index contributed by atoms with van der Waals surface area (Å²) in [6, 6.07) is 3.69. The SMILES string of the molecule is COCc1ccnc(NC(=O)[C@@H]2C[C@@]2(Oc2cnc(C)nc2C)C2C=CC=CC2)c1. The maximum absolute atomic E-state index is 13.1. The second kappa shape index (κ2) is 8.36. The van der Waals surface area contributed by atoms with E-state index in [1.54, 1.807) is 19.5 Å². The van der Waals surface area contributed by atoms with Crippen molar-refractivity contribution in [2.24, 2.45) is 11.8 Å². The highest BCUT2D eigenvalue weighted by Crippen LogP contribution is 2.55. The van der Waals surface area contributed by atoms with Gasteiger partial charge in [0.2, 0.25) is 5.91 Å². The normalized spacial score (nSPS) is 24.5. The average molecular weight is 406 g/mol. The number of nitrogens with one attached hydrogen (secondary N) is 1. The molecule has 2 aromatic rings. The van der Waals surface area contributed by atoms with Crippen molar-refractivity contribution in [3.63, 3.8) is 0 Å². The van der Waals surface area contributed by atoms with Crippen molar-refractivity contribution < 1.29 is 14.3 Å². The molecular formula is C23H26N4O3. The summed E-state index contributed by atoms with van der Waals surface area (Å²) in [5.74, 6) is 1.56. The fourth-order valence-corrected chi connectivity index (χ4v) is 4.01. The predicted molar refractivity (Wildman–Crippen MR) is 113 cm³/mol. The van der Waals surface area contributed by atoms with Gasteiger partial charge >= 0.3 is 0 Å². The topological polar surface area (TPSA) is 86.2 Å². The van der Waals surface area contributed by atoms with Gasteiger partial charge in [0, 0.05) is 25.6 Å². The molecule has 4 rings (SSSR count). The van der Waals surface area contributed by atoms with E-state index in [9.17, 15) is 4.79 Å². The third-order valence-corrected chi connectivity index (χ3v) is 5.62. The number of hydrogen-bond acceptors (Lipinski definition) is 6. The molecule has 0 aromatic carbocycles. The molecule has 2 aliphatic rings. The minimum Gasteiger partial charge on any atom is -0.482 e. The molecular weight excluding hydrogens is 380 g/mol. The Kier molecular flexibility index (Phi) is 5.63. The molecule has 2 heterocycles. The number of carbonyl (C=O) groups excluding carboxylic acids is 1. The summed E-state index contributed by atoms with van der Waals surface area (Å²) in [6.45, 7) is 4.21. The highest BCUT2D eigenvalue weighted by molar-refractivity contribution is 5.95. The number of amides is 1. The summed E-state index contributed by atoms with van der Waals surface area (Å²) in [4.78, 5) is 26.0. The van der Waals surface area contributed by atoms with Gasteiger partial charge in [0.05, 0.1) is 24.4 Å². The van der Waals surface area contributed by atoms with Crippen LogP contribution in [-0.4, -0.2) is 33.6 Å². The number of pyridine rings is 1. The first-order chi connectivity index (χ1) is 14.5. The first-order valence-electron chi connectivity index (χ1n) is 10.1. The Morgan fingerprint density at radius 3 is 2.90 bits per heavy atom. The van der Waals surface area contributed by atoms with E-state index in [1.165, 1.54) is 0 Å². The zero-order chi connectivity index (χ0) is 21.1. The van der Waals surface area contributed by atoms with Gasteiger partial charge in [-0.25, -0.2) is 15.0 Å². The van der Waals surface area contributed by atoms with E-state index in [1.807, 2.05) is 38.1 Å². The number of aryl methyl sites for hydroxylation is 2. The van der Waals surface area contributed by atoms with Gasteiger partial charge in [-0.3, -0.25) is 4.79 Å². The maximum Gasteiger partial charge on any atom is 0.232 e. The molecule has 2 aliphatic carbocycles. The Bertz CT molecular complexity index is 1000. The van der Waals surface area contributed by atoms with E-state index in [-0.39, 0.29) is 17.7 Å². The molecule has 1 unspecified atom stereocenters. The van der Waals surface area contributed by atoms with Gasteiger partial charge in [0.1, 0.15) is 17.2 Å². The van der Waals surface area contributed by atoms with Crippen LogP contribution in [0.4, 0.5) is 5.82 Å². The molecule has 7 nitrogen and oxygen atoms in total. The first-order valence-corrected chi connectivity index (χ1v) is 10.1. The lowest BCUT2D eigenvalue weighted by Crippen LogP contribution is -2.35. The van der Waals surface area contributed by atoms with Crippen LogP contribution in [0.2, 0.25) is 0 Å². The van der Waals surface area contributed by atoms with Crippen LogP contribution < -0.4 is 10.1 Å². The monoisotopic (exact) mass is 406 g/mol. The molecule has 0 aliphatic heterocycles. The number of anilines is 1. The smallest absolute Gasteiger partial charge is 0.232 e. The highest BCUT2D eigenvalue weighted by Gasteiger charge is 2.64. The molecule has 156 valence electrons. The van der Waals surface area contributed by atoms with E-state index < -0.39 is 5.60 Å². The van der Waals surface area contributed by atoms with Crippen LogP contribution in [0, 0.1) is 25.7 Å². The van der Waals surface area contributed by atoms with Gasteiger partial charge in [0.25, 0.3) is 0 Å². The van der Waals surface area contributed by atoms with E-state index in [0.717, 1.165) is 17.7 Å². The molecule has 1 amide bonds. The van der Waals surface area contributed by atoms with Crippen molar-refractivity contribution in [1.82, 2.24) is 15.0 Å². The Hall–Kier alpha value is -3.06. The van der Waals surface area contributed by atoms with Crippen molar-refractivity contribution in [3.8, 4) is 5.75 Å². The number of methoxy groups -OCH3 is 1. The number of aromatic nitrogens is 3. The van der Waals surface area contributed by atoms with Crippen LogP contribution in [0.15, 0.2) is 48.8 Å². The number of carbonyl (C=O) groups is 1. The zero-order valence-corrected chi connectivity index (χ0v) is 17.5. The van der Waals surface area contributed by atoms with Crippen LogP contribution in [-0.2, 0) is 16.1 Å². The summed E-state index contributed by atoms with van der Waals surface area (Å²) in [7, 11) is 1.64. The first kappa shape index (κ1) is 20.2. The largest absolute Gasteiger partial charge is 0.482 e. The number of rotatable bonds is 7. The molecule has 30 heavy (non-hydrogen) atoms. The summed E-state index contributed by atoms with van der Waals surface area (Å²) < 4.78 is 11.6. The molecule has 0 spiro atoms. The maximum atomic E-state index is 13.1. The molecule has 7 heteroatoms. The molecule has 0 bridgehead atoms. The van der Waals surface area contributed by atoms with Crippen molar-refractivity contribution in [1.29, 1.82) is 0 Å². The van der Waals surface area contributed by atoms with Crippen molar-refractivity contribution >= 4 is 11.7 Å². The third kappa shape index (κ3) is 4.11. The zero-order valence-electron chi connectivity index (χ0n) is 17.5. The fourth-order valence-electron chi connectivity index (χ4n) is 4.01. The van der Waals surface area contributed by atoms with E-state index in [2.05, 4.69) is 32.4 Å². The quantitative estimate of drug-likeness (QED) is 0.757. The summed E-state index contributed by atoms with van der Waals surface area (Å²) in [5.41, 5.74) is 1.12. The molecule has 2 aromatic heterocycles. The number of allylic oxidation sites excluding steroid dienone is 3. The molecule has 1 fully saturated rings. The molecule has 3 atom stereocenters. The van der Waals surface area contributed by atoms with Gasteiger partial charge in [-0.05, 0) is 38.0 Å². The Balaban J connectivity index is 1.55. The van der Waals surface area contributed by atoms with Gasteiger partial charge in [0.15, 0.2) is 5.75 Å². The second-order valence-corrected chi connectivity index (χ2v) is 7.81. The lowest BCUT2D eigenvalue weighted by molar-refractivity contribution is -0.119. The number of hydrogen-bond donors (Lipinski definition) is 1. The summed E-state index contributed by atoms with van der Waals surface area (Å²) in [5, 5.41) is 2.95. The fraction of sp³-hybridized carbons (Fsp3) is 0.391. The number of ether oxygens (including phenoxy) is 2. The van der Waals surface area contributed by atoms with E-state index in [0.29, 0.717) is 30.4 Å². The molecule has 0 radical (unpaired) electrons. The van der Waals surface area contributed by atoms with Gasteiger partial charge < -0.3 is 14.8 Å². The van der Waals surface area contributed by atoms with Gasteiger partial charge in [-0.15, -0.1) is 0 Å². The van der Waals surface area contributed by atoms with Crippen LogP contribution >= 0.6 is 0 Å². The summed E-state index contributed by atoms with van der Waals surface area (Å²) in [6.07, 6.45) is 13.1. The van der Waals surface area contributed by atoms with Crippen LogP contribution in [0.1, 0.15) is 29.9 Å². The standard InChI is InChI=1S/C23H26N4O3/c1-15-20(13-25-16(2)26-15)30-23(18-7-5-4-6-8-18)12-19(23)22(28)27-21-11-17(14-29-3)9-10-24-21/h4-7,9-11,13,18-19H,8,12,14H2,1-3H3,(H,24,27,28)/t18?,19-,23+/m0/s1. The average Bonchev–Trinajstić information content (AvgIpc) is 3.47. The second-order valence-electron chi connectivity index (χ2n) is 7.81. The minimum absolute atomic E-state index is 0.0919. The highest BCUT2D eigenvalue weighted by atomic mass is 16.5. The Morgan fingerprint density at radius 2 is 2.17 bits per heavy atom. The Labute approximate surface area is 176 Å². The molecule has 0 saturated heterocycles. The van der Waals surface area contributed by atoms with E-state index >= 15 is 0 Å². The Morgan fingerprint density at radius 1 is 1.30 bits per heavy atom. The predicted octanol–water partition coefficient (Wildman–Crippen LogP) is 3.54. The van der Waals surface area contributed by atoms with Crippen LogP contribution in [0.5, 0.6) is 5.75 Å². The van der Waals surface area contributed by atoms with Crippen LogP contribution in [0.3, 0.4) is 0 Å². The molecule has 1 saturated carbocycles.